The van der Waals surface area contributed by atoms with Crippen molar-refractivity contribution in [1.29, 1.82) is 0 Å². The summed E-state index contributed by atoms with van der Waals surface area (Å²) in [7, 11) is 0. The maximum Gasteiger partial charge on any atom is 0.191 e. The quantitative estimate of drug-likeness (QED) is 0.657. The first-order valence-corrected chi connectivity index (χ1v) is 9.72. The summed E-state index contributed by atoms with van der Waals surface area (Å²) < 4.78 is 2.28. The van der Waals surface area contributed by atoms with Crippen molar-refractivity contribution < 1.29 is 0 Å². The van der Waals surface area contributed by atoms with Crippen molar-refractivity contribution in [1.82, 2.24) is 25.4 Å². The summed E-state index contributed by atoms with van der Waals surface area (Å²) >= 11 is 0. The van der Waals surface area contributed by atoms with Crippen molar-refractivity contribution in [2.75, 3.05) is 6.54 Å². The van der Waals surface area contributed by atoms with Crippen LogP contribution in [0, 0.1) is 5.92 Å². The molecule has 0 saturated heterocycles. The molecule has 2 heterocycles. The summed E-state index contributed by atoms with van der Waals surface area (Å²) in [6.45, 7) is 6.99. The Labute approximate surface area is 145 Å². The van der Waals surface area contributed by atoms with Gasteiger partial charge in [-0.25, -0.2) is 4.99 Å². The molecule has 1 saturated carbocycles. The molecule has 6 nitrogen and oxygen atoms in total. The third-order valence-electron chi connectivity index (χ3n) is 5.27. The molecule has 134 valence electrons. The number of hydrogen-bond acceptors (Lipinski definition) is 3. The predicted octanol–water partition coefficient (Wildman–Crippen LogP) is 2.64. The molecule has 0 amide bonds. The number of aryl methyl sites for hydroxylation is 1. The Morgan fingerprint density at radius 2 is 2.00 bits per heavy atom. The zero-order valence-corrected chi connectivity index (χ0v) is 15.2. The second-order valence-electron chi connectivity index (χ2n) is 7.29. The molecule has 0 radical (unpaired) electrons. The Bertz CT molecular complexity index is 542. The van der Waals surface area contributed by atoms with Crippen LogP contribution in [0.4, 0.5) is 0 Å². The van der Waals surface area contributed by atoms with Crippen LogP contribution in [0.3, 0.4) is 0 Å². The van der Waals surface area contributed by atoms with E-state index in [1.807, 2.05) is 0 Å². The summed E-state index contributed by atoms with van der Waals surface area (Å²) in [5.74, 6) is 3.93. The minimum atomic E-state index is 0.550. The molecule has 1 aliphatic carbocycles. The van der Waals surface area contributed by atoms with E-state index in [0.717, 1.165) is 43.0 Å². The Kier molecular flexibility index (Phi) is 6.10. The van der Waals surface area contributed by atoms with Crippen molar-refractivity contribution >= 4 is 5.96 Å². The lowest BCUT2D eigenvalue weighted by Crippen LogP contribution is -2.44. The van der Waals surface area contributed by atoms with E-state index >= 15 is 0 Å². The number of aliphatic imine (C=N–C) groups is 1. The van der Waals surface area contributed by atoms with Crippen LogP contribution in [0.1, 0.15) is 70.4 Å². The highest BCUT2D eigenvalue weighted by atomic mass is 15.3. The minimum Gasteiger partial charge on any atom is -0.357 e. The van der Waals surface area contributed by atoms with Crippen molar-refractivity contribution in [2.24, 2.45) is 10.9 Å². The number of fused-ring (bicyclic) bond motifs is 1. The molecule has 2 aliphatic rings. The lowest BCUT2D eigenvalue weighted by molar-refractivity contribution is 0.329. The van der Waals surface area contributed by atoms with Crippen LogP contribution in [-0.2, 0) is 19.5 Å². The SMILES string of the molecule is CCNC(=NCc1nnc2n1CCCCC2)NC1CCC(C)CC1. The van der Waals surface area contributed by atoms with Gasteiger partial charge in [-0.1, -0.05) is 13.3 Å². The van der Waals surface area contributed by atoms with Gasteiger partial charge in [0.2, 0.25) is 0 Å². The fraction of sp³-hybridized carbons (Fsp3) is 0.833. The lowest BCUT2D eigenvalue weighted by Gasteiger charge is -2.28. The third-order valence-corrected chi connectivity index (χ3v) is 5.27. The molecule has 3 rings (SSSR count). The van der Waals surface area contributed by atoms with Gasteiger partial charge < -0.3 is 15.2 Å². The van der Waals surface area contributed by atoms with Crippen LogP contribution in [0.5, 0.6) is 0 Å². The van der Waals surface area contributed by atoms with E-state index in [9.17, 15) is 0 Å². The number of rotatable bonds is 4. The molecule has 1 aliphatic heterocycles. The van der Waals surface area contributed by atoms with Gasteiger partial charge >= 0.3 is 0 Å². The molecular formula is C18H32N6. The Morgan fingerprint density at radius 3 is 2.79 bits per heavy atom. The third kappa shape index (κ3) is 4.48. The van der Waals surface area contributed by atoms with Gasteiger partial charge in [0.05, 0.1) is 0 Å². The molecule has 0 aromatic carbocycles. The van der Waals surface area contributed by atoms with Crippen LogP contribution in [0.25, 0.3) is 0 Å². The first-order valence-electron chi connectivity index (χ1n) is 9.72. The van der Waals surface area contributed by atoms with Gasteiger partial charge in [0.15, 0.2) is 11.8 Å². The van der Waals surface area contributed by atoms with E-state index in [1.54, 1.807) is 0 Å². The zero-order chi connectivity index (χ0) is 16.8. The van der Waals surface area contributed by atoms with Crippen LogP contribution in [-0.4, -0.2) is 33.3 Å². The van der Waals surface area contributed by atoms with Gasteiger partial charge in [-0.2, -0.15) is 0 Å². The van der Waals surface area contributed by atoms with Gasteiger partial charge in [-0.15, -0.1) is 10.2 Å². The fourth-order valence-electron chi connectivity index (χ4n) is 3.73. The van der Waals surface area contributed by atoms with Gasteiger partial charge in [-0.3, -0.25) is 0 Å². The normalized spacial score (nSPS) is 25.0. The van der Waals surface area contributed by atoms with Gasteiger partial charge in [0.1, 0.15) is 12.4 Å². The van der Waals surface area contributed by atoms with Crippen molar-refractivity contribution in [3.63, 3.8) is 0 Å². The molecule has 0 atom stereocenters. The molecule has 1 aromatic rings. The molecule has 6 heteroatoms. The molecular weight excluding hydrogens is 300 g/mol. The van der Waals surface area contributed by atoms with Crippen molar-refractivity contribution in [2.45, 2.75) is 84.3 Å². The number of guanidine groups is 1. The summed E-state index contributed by atoms with van der Waals surface area (Å²) in [6, 6.07) is 0.550. The number of hydrogen-bond donors (Lipinski definition) is 2. The van der Waals surface area contributed by atoms with E-state index in [1.165, 1.54) is 44.9 Å². The summed E-state index contributed by atoms with van der Waals surface area (Å²) in [4.78, 5) is 4.78. The van der Waals surface area contributed by atoms with E-state index in [4.69, 9.17) is 4.99 Å². The van der Waals surface area contributed by atoms with Crippen LogP contribution >= 0.6 is 0 Å². The number of nitrogens with one attached hydrogen (secondary N) is 2. The van der Waals surface area contributed by atoms with Crippen molar-refractivity contribution in [3.05, 3.63) is 11.6 Å². The van der Waals surface area contributed by atoms with Gasteiger partial charge in [0, 0.05) is 25.6 Å². The van der Waals surface area contributed by atoms with Crippen LogP contribution < -0.4 is 10.6 Å². The minimum absolute atomic E-state index is 0.550. The van der Waals surface area contributed by atoms with E-state index in [2.05, 4.69) is 39.2 Å². The molecule has 0 bridgehead atoms. The first kappa shape index (κ1) is 17.2. The second kappa shape index (κ2) is 8.49. The molecule has 24 heavy (non-hydrogen) atoms. The average Bonchev–Trinajstić information content (AvgIpc) is 2.81. The molecule has 2 N–H and O–H groups in total. The Morgan fingerprint density at radius 1 is 1.17 bits per heavy atom. The van der Waals surface area contributed by atoms with E-state index in [-0.39, 0.29) is 0 Å². The first-order chi connectivity index (χ1) is 11.8. The topological polar surface area (TPSA) is 67.1 Å². The highest BCUT2D eigenvalue weighted by Crippen LogP contribution is 2.23. The number of nitrogens with zero attached hydrogens (tertiary/aromatic N) is 4. The van der Waals surface area contributed by atoms with E-state index < -0.39 is 0 Å². The van der Waals surface area contributed by atoms with Crippen molar-refractivity contribution in [3.8, 4) is 0 Å². The molecule has 1 aromatic heterocycles. The fourth-order valence-corrected chi connectivity index (χ4v) is 3.73. The lowest BCUT2D eigenvalue weighted by atomic mass is 9.87. The monoisotopic (exact) mass is 332 g/mol. The zero-order valence-electron chi connectivity index (χ0n) is 15.2. The molecule has 1 fully saturated rings. The average molecular weight is 332 g/mol. The van der Waals surface area contributed by atoms with Gasteiger partial charge in [0.25, 0.3) is 0 Å². The smallest absolute Gasteiger partial charge is 0.191 e. The molecule has 0 unspecified atom stereocenters. The number of aromatic nitrogens is 3. The Balaban J connectivity index is 1.62. The predicted molar refractivity (Wildman–Crippen MR) is 96.9 cm³/mol. The van der Waals surface area contributed by atoms with Crippen LogP contribution in [0.15, 0.2) is 4.99 Å². The summed E-state index contributed by atoms with van der Waals surface area (Å²) in [5.41, 5.74) is 0. The maximum absolute atomic E-state index is 4.78. The van der Waals surface area contributed by atoms with Gasteiger partial charge in [-0.05, 0) is 51.4 Å². The highest BCUT2D eigenvalue weighted by molar-refractivity contribution is 5.80. The standard InChI is InChI=1S/C18H32N6/c1-3-19-18(21-15-10-8-14(2)9-11-15)20-13-17-23-22-16-7-5-4-6-12-24(16)17/h14-15H,3-13H2,1-2H3,(H2,19,20,21). The summed E-state index contributed by atoms with van der Waals surface area (Å²) in [5, 5.41) is 15.7. The van der Waals surface area contributed by atoms with Crippen LogP contribution in [0.2, 0.25) is 0 Å². The van der Waals surface area contributed by atoms with E-state index in [0.29, 0.717) is 12.6 Å². The second-order valence-corrected chi connectivity index (χ2v) is 7.29. The highest BCUT2D eigenvalue weighted by Gasteiger charge is 2.19. The molecule has 0 spiro atoms. The Hall–Kier alpha value is -1.59. The maximum atomic E-state index is 4.78. The summed E-state index contributed by atoms with van der Waals surface area (Å²) in [6.07, 6.45) is 9.90. The largest absolute Gasteiger partial charge is 0.357 e.